The van der Waals surface area contributed by atoms with Crippen LogP contribution in [0.1, 0.15) is 16.9 Å². The Labute approximate surface area is 159 Å². The van der Waals surface area contributed by atoms with Crippen LogP contribution in [-0.2, 0) is 27.7 Å². The number of nitrogens with one attached hydrogen (secondary N) is 1. The standard InChI is InChI=1S/C17H16N4O4S2/c18-27(23,24)11-4-1-3-10(7-11)21-14(22)8-25-16-15-12-5-2-6-13(12)26-17(15)20-9-19-16/h1,3-4,7,9H,2,5-6,8H2,(H,21,22)(H2,18,23,24). The smallest absolute Gasteiger partial charge is 0.262 e. The van der Waals surface area contributed by atoms with E-state index >= 15 is 0 Å². The van der Waals surface area contributed by atoms with Crippen molar-refractivity contribution in [1.82, 2.24) is 9.97 Å². The first kappa shape index (κ1) is 17.8. The Balaban J connectivity index is 1.48. The van der Waals surface area contributed by atoms with Gasteiger partial charge in [0.25, 0.3) is 5.91 Å². The van der Waals surface area contributed by atoms with Crippen molar-refractivity contribution in [3.05, 3.63) is 41.0 Å². The number of aryl methyl sites for hydroxylation is 2. The number of hydrogen-bond donors (Lipinski definition) is 2. The summed E-state index contributed by atoms with van der Waals surface area (Å²) in [4.78, 5) is 22.8. The topological polar surface area (TPSA) is 124 Å². The van der Waals surface area contributed by atoms with Crippen molar-refractivity contribution in [1.29, 1.82) is 0 Å². The summed E-state index contributed by atoms with van der Waals surface area (Å²) in [5.74, 6) is -0.0342. The number of hydrogen-bond acceptors (Lipinski definition) is 7. The van der Waals surface area contributed by atoms with Crippen molar-refractivity contribution in [3.8, 4) is 5.88 Å². The molecule has 140 valence electrons. The number of aromatic nitrogens is 2. The minimum atomic E-state index is -3.84. The Morgan fingerprint density at radius 3 is 2.96 bits per heavy atom. The molecule has 3 N–H and O–H groups in total. The van der Waals surface area contributed by atoms with Crippen LogP contribution in [0.15, 0.2) is 35.5 Å². The fourth-order valence-corrected chi connectivity index (χ4v) is 4.87. The molecule has 3 aromatic rings. The van der Waals surface area contributed by atoms with Gasteiger partial charge in [0, 0.05) is 10.6 Å². The molecule has 0 unspecified atom stereocenters. The van der Waals surface area contributed by atoms with Gasteiger partial charge in [0.15, 0.2) is 6.61 Å². The molecule has 1 amide bonds. The van der Waals surface area contributed by atoms with Crippen LogP contribution >= 0.6 is 11.3 Å². The lowest BCUT2D eigenvalue weighted by Gasteiger charge is -2.09. The number of amides is 1. The van der Waals surface area contributed by atoms with Gasteiger partial charge in [0.2, 0.25) is 15.9 Å². The van der Waals surface area contributed by atoms with Crippen LogP contribution in [-0.4, -0.2) is 30.9 Å². The van der Waals surface area contributed by atoms with Crippen LogP contribution in [0.3, 0.4) is 0 Å². The van der Waals surface area contributed by atoms with Crippen LogP contribution in [0.4, 0.5) is 5.69 Å². The van der Waals surface area contributed by atoms with Gasteiger partial charge in [-0.15, -0.1) is 11.3 Å². The first-order chi connectivity index (χ1) is 12.9. The lowest BCUT2D eigenvalue weighted by molar-refractivity contribution is -0.118. The monoisotopic (exact) mass is 404 g/mol. The third kappa shape index (κ3) is 3.64. The second kappa shape index (κ2) is 6.87. The summed E-state index contributed by atoms with van der Waals surface area (Å²) in [6, 6.07) is 5.72. The molecule has 0 spiro atoms. The van der Waals surface area contributed by atoms with Crippen molar-refractivity contribution < 1.29 is 17.9 Å². The quantitative estimate of drug-likeness (QED) is 0.669. The summed E-state index contributed by atoms with van der Waals surface area (Å²) in [5.41, 5.74) is 1.53. The Bertz CT molecular complexity index is 1140. The summed E-state index contributed by atoms with van der Waals surface area (Å²) in [6.45, 7) is -0.254. The highest BCUT2D eigenvalue weighted by Crippen LogP contribution is 2.39. The first-order valence-corrected chi connectivity index (χ1v) is 10.6. The van der Waals surface area contributed by atoms with E-state index < -0.39 is 15.9 Å². The molecule has 27 heavy (non-hydrogen) atoms. The second-order valence-corrected chi connectivity index (χ2v) is 8.77. The maximum absolute atomic E-state index is 12.2. The van der Waals surface area contributed by atoms with E-state index in [4.69, 9.17) is 9.88 Å². The predicted molar refractivity (Wildman–Crippen MR) is 101 cm³/mol. The Kier molecular flexibility index (Phi) is 4.54. The number of nitrogens with zero attached hydrogens (tertiary/aromatic N) is 2. The highest BCUT2D eigenvalue weighted by molar-refractivity contribution is 7.89. The van der Waals surface area contributed by atoms with Gasteiger partial charge in [-0.2, -0.15) is 0 Å². The largest absolute Gasteiger partial charge is 0.467 e. The molecular weight excluding hydrogens is 388 g/mol. The molecule has 0 atom stereocenters. The lowest BCUT2D eigenvalue weighted by atomic mass is 10.2. The minimum absolute atomic E-state index is 0.0763. The maximum atomic E-state index is 12.2. The highest BCUT2D eigenvalue weighted by Gasteiger charge is 2.22. The summed E-state index contributed by atoms with van der Waals surface area (Å²) < 4.78 is 28.4. The fraction of sp³-hybridized carbons (Fsp3) is 0.235. The zero-order valence-corrected chi connectivity index (χ0v) is 15.8. The number of carbonyl (C=O) groups is 1. The normalized spacial score (nSPS) is 13.5. The van der Waals surface area contributed by atoms with E-state index in [1.807, 2.05) is 0 Å². The van der Waals surface area contributed by atoms with Gasteiger partial charge in [-0.1, -0.05) is 6.07 Å². The molecule has 0 radical (unpaired) electrons. The Morgan fingerprint density at radius 1 is 1.30 bits per heavy atom. The average Bonchev–Trinajstić information content (AvgIpc) is 3.20. The van der Waals surface area contributed by atoms with Gasteiger partial charge in [-0.05, 0) is 43.0 Å². The van der Waals surface area contributed by atoms with Gasteiger partial charge in [0.1, 0.15) is 11.2 Å². The minimum Gasteiger partial charge on any atom is -0.467 e. The van der Waals surface area contributed by atoms with Crippen LogP contribution in [0.5, 0.6) is 5.88 Å². The van der Waals surface area contributed by atoms with E-state index in [9.17, 15) is 13.2 Å². The number of nitrogens with two attached hydrogens (primary N) is 1. The van der Waals surface area contributed by atoms with Crippen molar-refractivity contribution >= 4 is 43.2 Å². The number of ether oxygens (including phenoxy) is 1. The number of carbonyl (C=O) groups excluding carboxylic acids is 1. The van der Waals surface area contributed by atoms with E-state index in [0.29, 0.717) is 11.6 Å². The molecule has 4 rings (SSSR count). The molecule has 2 aromatic heterocycles. The van der Waals surface area contributed by atoms with Crippen molar-refractivity contribution in [3.63, 3.8) is 0 Å². The molecule has 10 heteroatoms. The third-order valence-electron chi connectivity index (χ3n) is 4.25. The molecular formula is C17H16N4O4S2. The lowest BCUT2D eigenvalue weighted by Crippen LogP contribution is -2.21. The van der Waals surface area contributed by atoms with Crippen LogP contribution in [0, 0.1) is 0 Å². The van der Waals surface area contributed by atoms with Crippen molar-refractivity contribution in [2.75, 3.05) is 11.9 Å². The molecule has 0 saturated heterocycles. The van der Waals surface area contributed by atoms with Crippen LogP contribution < -0.4 is 15.2 Å². The highest BCUT2D eigenvalue weighted by atomic mass is 32.2. The molecule has 0 fully saturated rings. The molecule has 0 saturated carbocycles. The maximum Gasteiger partial charge on any atom is 0.262 e. The zero-order valence-electron chi connectivity index (χ0n) is 14.1. The average molecular weight is 404 g/mol. The third-order valence-corrected chi connectivity index (χ3v) is 6.36. The van der Waals surface area contributed by atoms with Crippen molar-refractivity contribution in [2.24, 2.45) is 5.14 Å². The summed E-state index contributed by atoms with van der Waals surface area (Å²) in [6.07, 6.45) is 4.53. The van der Waals surface area contributed by atoms with E-state index in [1.54, 1.807) is 17.4 Å². The van der Waals surface area contributed by atoms with Crippen molar-refractivity contribution in [2.45, 2.75) is 24.2 Å². The van der Waals surface area contributed by atoms with Crippen LogP contribution in [0.25, 0.3) is 10.2 Å². The van der Waals surface area contributed by atoms with E-state index in [1.165, 1.54) is 35.0 Å². The molecule has 1 aliphatic carbocycles. The SMILES string of the molecule is NS(=O)(=O)c1cccc(NC(=O)COc2ncnc3sc4c(c23)CCC4)c1. The predicted octanol–water partition coefficient (Wildman–Crippen LogP) is 1.84. The number of fused-ring (bicyclic) bond motifs is 3. The second-order valence-electron chi connectivity index (χ2n) is 6.13. The number of rotatable bonds is 5. The Morgan fingerprint density at radius 2 is 2.15 bits per heavy atom. The van der Waals surface area contributed by atoms with Gasteiger partial charge in [-0.25, -0.2) is 23.5 Å². The number of primary sulfonamides is 1. The fourth-order valence-electron chi connectivity index (χ4n) is 3.09. The summed E-state index contributed by atoms with van der Waals surface area (Å²) in [5, 5.41) is 8.58. The van der Waals surface area contributed by atoms with Gasteiger partial charge >= 0.3 is 0 Å². The molecule has 8 nitrogen and oxygen atoms in total. The van der Waals surface area contributed by atoms with Gasteiger partial charge < -0.3 is 10.1 Å². The number of benzene rings is 1. The number of anilines is 1. The zero-order chi connectivity index (χ0) is 19.0. The number of sulfonamides is 1. The first-order valence-electron chi connectivity index (χ1n) is 8.22. The number of thiophene rings is 1. The molecule has 2 heterocycles. The summed E-state index contributed by atoms with van der Waals surface area (Å²) in [7, 11) is -3.84. The van der Waals surface area contributed by atoms with E-state index in [-0.39, 0.29) is 11.5 Å². The summed E-state index contributed by atoms with van der Waals surface area (Å²) >= 11 is 1.64. The van der Waals surface area contributed by atoms with Gasteiger partial charge in [-0.3, -0.25) is 4.79 Å². The van der Waals surface area contributed by atoms with Crippen LogP contribution in [0.2, 0.25) is 0 Å². The van der Waals surface area contributed by atoms with E-state index in [2.05, 4.69) is 15.3 Å². The van der Waals surface area contributed by atoms with Gasteiger partial charge in [0.05, 0.1) is 10.3 Å². The molecule has 1 aliphatic rings. The molecule has 0 aliphatic heterocycles. The van der Waals surface area contributed by atoms with E-state index in [0.717, 1.165) is 29.5 Å². The molecule has 1 aromatic carbocycles. The Hall–Kier alpha value is -2.56. The molecule has 0 bridgehead atoms.